The highest BCUT2D eigenvalue weighted by Crippen LogP contribution is 2.44. The molecule has 3 aromatic rings. The molecule has 3 aromatic carbocycles. The number of carbonyl (C=O) groups excluding carboxylic acids is 1. The number of benzene rings is 3. The van der Waals surface area contributed by atoms with Gasteiger partial charge in [0.1, 0.15) is 24.9 Å². The lowest BCUT2D eigenvalue weighted by Gasteiger charge is -2.37. The first-order chi connectivity index (χ1) is 26.4. The van der Waals surface area contributed by atoms with Gasteiger partial charge >= 0.3 is 13.8 Å². The predicted molar refractivity (Wildman–Crippen MR) is 224 cm³/mol. The average molecular weight is 781 g/mol. The van der Waals surface area contributed by atoms with E-state index >= 15 is 0 Å². The number of hydrogen-bond acceptors (Lipinski definition) is 6. The first-order valence-corrected chi connectivity index (χ1v) is 22.3. The Morgan fingerprint density at radius 3 is 1.62 bits per heavy atom. The lowest BCUT2D eigenvalue weighted by Crippen LogP contribution is -2.38. The van der Waals surface area contributed by atoms with E-state index in [4.69, 9.17) is 18.5 Å². The normalized spacial score (nSPS) is 13.8. The summed E-state index contributed by atoms with van der Waals surface area (Å²) in [6.45, 7) is 6.67. The van der Waals surface area contributed by atoms with Gasteiger partial charge in [0.15, 0.2) is 0 Å². The topological polar surface area (TPSA) is 91.3 Å². The van der Waals surface area contributed by atoms with Gasteiger partial charge in [0, 0.05) is 6.42 Å². The van der Waals surface area contributed by atoms with Crippen LogP contribution in [0.5, 0.6) is 0 Å². The Kier molecular flexibility index (Phi) is 20.9. The maximum absolute atomic E-state index is 13.3. The number of unbranched alkanes of at least 4 members (excludes halogenated alkanes) is 12. The van der Waals surface area contributed by atoms with Crippen LogP contribution in [0.2, 0.25) is 0 Å². The molecule has 0 amide bonds. The van der Waals surface area contributed by atoms with Gasteiger partial charge in [-0.1, -0.05) is 183 Å². The molecule has 0 bridgehead atoms. The number of rotatable bonds is 29. The summed E-state index contributed by atoms with van der Waals surface area (Å²) in [6.07, 6.45) is 15.1. The van der Waals surface area contributed by atoms with Crippen LogP contribution in [0.25, 0.3) is 0 Å². The molecular weight excluding hydrogens is 709 g/mol. The minimum Gasteiger partial charge on any atom is -0.457 e. The van der Waals surface area contributed by atoms with E-state index in [1.54, 1.807) is 0 Å². The van der Waals surface area contributed by atoms with E-state index in [1.165, 1.54) is 69.8 Å². The molecule has 0 spiro atoms. The van der Waals surface area contributed by atoms with Crippen molar-refractivity contribution in [3.05, 3.63) is 107 Å². The fraction of sp³-hybridized carbons (Fsp3) is 0.587. The van der Waals surface area contributed by atoms with E-state index in [9.17, 15) is 14.3 Å². The molecule has 0 heterocycles. The van der Waals surface area contributed by atoms with Gasteiger partial charge in [0.05, 0.1) is 34.4 Å². The van der Waals surface area contributed by atoms with Crippen LogP contribution < -0.4 is 0 Å². The third kappa shape index (κ3) is 17.5. The minimum absolute atomic E-state index is 0.0365. The molecule has 0 saturated carbocycles. The number of quaternary nitrogens is 1. The summed E-state index contributed by atoms with van der Waals surface area (Å²) in [7, 11) is 1.48. The fourth-order valence-electron chi connectivity index (χ4n) is 6.71. The van der Waals surface area contributed by atoms with E-state index in [-0.39, 0.29) is 32.2 Å². The highest BCUT2D eigenvalue weighted by molar-refractivity contribution is 7.47. The van der Waals surface area contributed by atoms with Crippen molar-refractivity contribution in [3.63, 3.8) is 0 Å². The maximum Gasteiger partial charge on any atom is 0.472 e. The second kappa shape index (κ2) is 24.7. The molecule has 0 radical (unpaired) electrons. The molecule has 9 heteroatoms. The second-order valence-electron chi connectivity index (χ2n) is 16.2. The molecule has 0 aliphatic carbocycles. The van der Waals surface area contributed by atoms with Crippen LogP contribution in [0.4, 0.5) is 0 Å². The van der Waals surface area contributed by atoms with Crippen molar-refractivity contribution in [2.24, 2.45) is 0 Å². The van der Waals surface area contributed by atoms with E-state index in [1.807, 2.05) is 81.8 Å². The summed E-state index contributed by atoms with van der Waals surface area (Å²) >= 11 is 0. The number of ether oxygens (including phenoxy) is 2. The van der Waals surface area contributed by atoms with Crippen LogP contribution in [-0.2, 0) is 33.5 Å². The van der Waals surface area contributed by atoms with Gasteiger partial charge in [0.2, 0.25) is 0 Å². The Morgan fingerprint density at radius 1 is 0.673 bits per heavy atom. The van der Waals surface area contributed by atoms with Crippen molar-refractivity contribution in [3.8, 4) is 0 Å². The third-order valence-electron chi connectivity index (χ3n) is 10.1. The molecule has 0 fully saturated rings. The van der Waals surface area contributed by atoms with Crippen molar-refractivity contribution >= 4 is 13.8 Å². The molecule has 0 saturated heterocycles. The Balaban J connectivity index is 1.73. The monoisotopic (exact) mass is 780 g/mol. The van der Waals surface area contributed by atoms with Gasteiger partial charge in [-0.2, -0.15) is 0 Å². The molecule has 306 valence electrons. The standard InChI is InChI=1S/C46H70NO7P/c1-7-8-9-10-11-12-13-14-15-16-17-18-25-30-45(48)54-44(38-53-55(49,50)52-36-35-47(4,5)6)37-51-46(41-26-21-19-22-27-41,42-28-23-20-24-29-42)43-33-31-40(32-34-43)39(2)3/h19-24,26-29,31-34,39,44H,7-18,25,30,35-38H2,1-6H3/p+1/t44-/m1/s1. The molecule has 0 aliphatic rings. The van der Waals surface area contributed by atoms with Crippen molar-refractivity contribution in [2.75, 3.05) is 47.5 Å². The van der Waals surface area contributed by atoms with Gasteiger partial charge < -0.3 is 18.9 Å². The summed E-state index contributed by atoms with van der Waals surface area (Å²) < 4.78 is 37.3. The third-order valence-corrected chi connectivity index (χ3v) is 11.0. The Morgan fingerprint density at radius 2 is 1.15 bits per heavy atom. The van der Waals surface area contributed by atoms with Gasteiger partial charge in [-0.15, -0.1) is 0 Å². The SMILES string of the molecule is CCCCCCCCCCCCCCCC(=O)O[C@H](COC(c1ccccc1)(c1ccccc1)c1ccc(C(C)C)cc1)COP(=O)(O)OCC[N+](C)(C)C. The summed E-state index contributed by atoms with van der Waals surface area (Å²) in [5, 5.41) is 0. The zero-order valence-corrected chi connectivity index (χ0v) is 35.7. The van der Waals surface area contributed by atoms with Gasteiger partial charge in [-0.05, 0) is 34.6 Å². The van der Waals surface area contributed by atoms with E-state index < -0.39 is 19.5 Å². The second-order valence-corrected chi connectivity index (χ2v) is 17.7. The largest absolute Gasteiger partial charge is 0.472 e. The highest BCUT2D eigenvalue weighted by Gasteiger charge is 2.39. The molecular formula is C46H71NO7P+. The molecule has 3 rings (SSSR count). The van der Waals surface area contributed by atoms with E-state index in [0.717, 1.165) is 36.0 Å². The Labute approximate surface area is 333 Å². The number of carbonyl (C=O) groups is 1. The summed E-state index contributed by atoms with van der Waals surface area (Å²) in [5.74, 6) is -0.0299. The number of nitrogens with zero attached hydrogens (tertiary/aromatic N) is 1. The number of phosphoric ester groups is 1. The Bertz CT molecular complexity index is 1470. The number of esters is 1. The molecule has 55 heavy (non-hydrogen) atoms. The van der Waals surface area contributed by atoms with Crippen LogP contribution in [0.1, 0.15) is 139 Å². The van der Waals surface area contributed by atoms with E-state index in [0.29, 0.717) is 16.9 Å². The lowest BCUT2D eigenvalue weighted by atomic mass is 9.79. The maximum atomic E-state index is 13.3. The first kappa shape index (κ1) is 46.5. The van der Waals surface area contributed by atoms with Crippen LogP contribution in [0.15, 0.2) is 84.9 Å². The van der Waals surface area contributed by atoms with E-state index in [2.05, 4.69) is 45.0 Å². The lowest BCUT2D eigenvalue weighted by molar-refractivity contribution is -0.870. The summed E-state index contributed by atoms with van der Waals surface area (Å²) in [5.41, 5.74) is 2.82. The number of hydrogen-bond donors (Lipinski definition) is 1. The molecule has 1 unspecified atom stereocenters. The molecule has 1 N–H and O–H groups in total. The molecule has 8 nitrogen and oxygen atoms in total. The zero-order valence-electron chi connectivity index (χ0n) is 34.8. The van der Waals surface area contributed by atoms with Gasteiger partial charge in [0.25, 0.3) is 0 Å². The number of likely N-dealkylation sites (N-methyl/N-ethyl adjacent to an activating group) is 1. The molecule has 0 aliphatic heterocycles. The summed E-state index contributed by atoms with van der Waals surface area (Å²) in [6, 6.07) is 28.4. The van der Waals surface area contributed by atoms with Crippen molar-refractivity contribution in [1.29, 1.82) is 0 Å². The highest BCUT2D eigenvalue weighted by atomic mass is 31.2. The minimum atomic E-state index is -4.44. The van der Waals surface area contributed by atoms with Crippen LogP contribution in [0.3, 0.4) is 0 Å². The van der Waals surface area contributed by atoms with Gasteiger partial charge in [-0.25, -0.2) is 4.57 Å². The van der Waals surface area contributed by atoms with Crippen LogP contribution in [0, 0.1) is 0 Å². The average Bonchev–Trinajstić information content (AvgIpc) is 3.16. The molecule has 2 atom stereocenters. The first-order valence-electron chi connectivity index (χ1n) is 20.8. The predicted octanol–water partition coefficient (Wildman–Crippen LogP) is 11.4. The zero-order chi connectivity index (χ0) is 40.0. The quantitative estimate of drug-likeness (QED) is 0.0247. The van der Waals surface area contributed by atoms with Crippen molar-refractivity contribution in [2.45, 2.75) is 128 Å². The van der Waals surface area contributed by atoms with Crippen LogP contribution >= 0.6 is 7.82 Å². The Hall–Kier alpha value is -2.84. The van der Waals surface area contributed by atoms with Gasteiger partial charge in [-0.3, -0.25) is 13.8 Å². The smallest absolute Gasteiger partial charge is 0.457 e. The fourth-order valence-corrected chi connectivity index (χ4v) is 7.45. The van der Waals surface area contributed by atoms with Crippen molar-refractivity contribution in [1.82, 2.24) is 0 Å². The van der Waals surface area contributed by atoms with Crippen molar-refractivity contribution < 1.29 is 37.3 Å². The number of phosphoric acid groups is 1. The molecule has 0 aromatic heterocycles. The summed E-state index contributed by atoms with van der Waals surface area (Å²) in [4.78, 5) is 23.9. The van der Waals surface area contributed by atoms with Crippen LogP contribution in [-0.4, -0.2) is 69.0 Å².